The summed E-state index contributed by atoms with van der Waals surface area (Å²) in [5.41, 5.74) is -0.717. The lowest BCUT2D eigenvalue weighted by atomic mass is 10.1. The summed E-state index contributed by atoms with van der Waals surface area (Å²) in [6.45, 7) is 1.27. The molecule has 1 aromatic carbocycles. The maximum absolute atomic E-state index is 13.4. The number of carbonyl (C=O) groups is 1. The molecule has 0 fully saturated rings. The van der Waals surface area contributed by atoms with Crippen LogP contribution >= 0.6 is 0 Å². The molecule has 0 bridgehead atoms. The van der Waals surface area contributed by atoms with Crippen molar-refractivity contribution in [2.45, 2.75) is 13.0 Å². The fourth-order valence-corrected chi connectivity index (χ4v) is 1.15. The van der Waals surface area contributed by atoms with E-state index in [0.717, 1.165) is 12.1 Å². The van der Waals surface area contributed by atoms with E-state index < -0.39 is 28.4 Å². The zero-order valence-corrected chi connectivity index (χ0v) is 9.01. The second-order valence-electron chi connectivity index (χ2n) is 3.48. The lowest BCUT2D eigenvalue weighted by Crippen LogP contribution is -2.35. The molecule has 6 nitrogen and oxygen atoms in total. The van der Waals surface area contributed by atoms with Crippen LogP contribution in [0.5, 0.6) is 0 Å². The molecule has 17 heavy (non-hydrogen) atoms. The number of carbonyl (C=O) groups excluding carboxylic acids is 1. The second kappa shape index (κ2) is 5.35. The molecule has 0 aliphatic rings. The molecule has 0 saturated carbocycles. The van der Waals surface area contributed by atoms with Crippen LogP contribution in [-0.2, 0) is 0 Å². The lowest BCUT2D eigenvalue weighted by Gasteiger charge is -2.10. The average molecular weight is 242 g/mol. The topological polar surface area (TPSA) is 92.5 Å². The van der Waals surface area contributed by atoms with Crippen LogP contribution in [0.4, 0.5) is 10.1 Å². The van der Waals surface area contributed by atoms with Crippen LogP contribution in [0.25, 0.3) is 0 Å². The predicted molar refractivity (Wildman–Crippen MR) is 57.1 cm³/mol. The second-order valence-corrected chi connectivity index (χ2v) is 3.48. The van der Waals surface area contributed by atoms with Gasteiger partial charge in [0.05, 0.1) is 23.2 Å². The molecule has 0 aromatic heterocycles. The SMILES string of the molecule is CC(CO)NC(=O)c1ccc([N+](=O)[O-])cc1F. The van der Waals surface area contributed by atoms with Crippen LogP contribution in [0.15, 0.2) is 18.2 Å². The van der Waals surface area contributed by atoms with E-state index in [1.807, 2.05) is 0 Å². The molecule has 0 heterocycles. The Morgan fingerprint density at radius 2 is 2.29 bits per heavy atom. The lowest BCUT2D eigenvalue weighted by molar-refractivity contribution is -0.385. The standard InChI is InChI=1S/C10H11FN2O4/c1-6(5-14)12-10(15)8-3-2-7(13(16)17)4-9(8)11/h2-4,6,14H,5H2,1H3,(H,12,15). The Labute approximate surface area is 96.2 Å². The number of amides is 1. The summed E-state index contributed by atoms with van der Waals surface area (Å²) in [4.78, 5) is 21.1. The van der Waals surface area contributed by atoms with Gasteiger partial charge in [-0.25, -0.2) is 4.39 Å². The summed E-state index contributed by atoms with van der Waals surface area (Å²) in [5.74, 6) is -1.69. The third kappa shape index (κ3) is 3.22. The van der Waals surface area contributed by atoms with Crippen LogP contribution in [0.3, 0.4) is 0 Å². The van der Waals surface area contributed by atoms with Gasteiger partial charge < -0.3 is 10.4 Å². The molecule has 1 unspecified atom stereocenters. The Balaban J connectivity index is 2.92. The Bertz CT molecular complexity index is 450. The van der Waals surface area contributed by atoms with Gasteiger partial charge in [-0.1, -0.05) is 0 Å². The first-order chi connectivity index (χ1) is 7.95. The van der Waals surface area contributed by atoms with Gasteiger partial charge in [-0.15, -0.1) is 0 Å². The molecule has 1 amide bonds. The summed E-state index contributed by atoms with van der Waals surface area (Å²) < 4.78 is 13.4. The summed E-state index contributed by atoms with van der Waals surface area (Å²) in [6.07, 6.45) is 0. The molecule has 0 saturated heterocycles. The number of halogens is 1. The molecule has 7 heteroatoms. The highest BCUT2D eigenvalue weighted by molar-refractivity contribution is 5.94. The van der Waals surface area contributed by atoms with Crippen molar-refractivity contribution in [3.8, 4) is 0 Å². The summed E-state index contributed by atoms with van der Waals surface area (Å²) >= 11 is 0. The quantitative estimate of drug-likeness (QED) is 0.604. The number of rotatable bonds is 4. The Morgan fingerprint density at radius 3 is 2.76 bits per heavy atom. The van der Waals surface area contributed by atoms with Crippen molar-refractivity contribution < 1.29 is 19.2 Å². The molecule has 1 aromatic rings. The van der Waals surface area contributed by atoms with Crippen molar-refractivity contribution in [1.29, 1.82) is 0 Å². The highest BCUT2D eigenvalue weighted by atomic mass is 19.1. The van der Waals surface area contributed by atoms with E-state index in [0.29, 0.717) is 6.07 Å². The van der Waals surface area contributed by atoms with Crippen LogP contribution < -0.4 is 5.32 Å². The number of nitro benzene ring substituents is 1. The fourth-order valence-electron chi connectivity index (χ4n) is 1.15. The highest BCUT2D eigenvalue weighted by Crippen LogP contribution is 2.16. The number of benzene rings is 1. The van der Waals surface area contributed by atoms with Crippen LogP contribution in [0, 0.1) is 15.9 Å². The Hall–Kier alpha value is -2.02. The third-order valence-corrected chi connectivity index (χ3v) is 2.06. The van der Waals surface area contributed by atoms with E-state index >= 15 is 0 Å². The van der Waals surface area contributed by atoms with Crippen LogP contribution in [-0.4, -0.2) is 28.6 Å². The van der Waals surface area contributed by atoms with E-state index in [9.17, 15) is 19.3 Å². The van der Waals surface area contributed by atoms with E-state index in [2.05, 4.69) is 5.32 Å². The molecule has 1 rings (SSSR count). The number of aliphatic hydroxyl groups is 1. The van der Waals surface area contributed by atoms with Crippen molar-refractivity contribution in [2.24, 2.45) is 0 Å². The molecule has 0 spiro atoms. The minimum Gasteiger partial charge on any atom is -0.394 e. The zero-order valence-electron chi connectivity index (χ0n) is 9.01. The van der Waals surface area contributed by atoms with Gasteiger partial charge in [0.2, 0.25) is 0 Å². The van der Waals surface area contributed by atoms with Gasteiger partial charge >= 0.3 is 0 Å². The van der Waals surface area contributed by atoms with E-state index in [1.54, 1.807) is 6.92 Å². The minimum absolute atomic E-state index is 0.277. The first-order valence-electron chi connectivity index (χ1n) is 4.81. The molecular formula is C10H11FN2O4. The van der Waals surface area contributed by atoms with Crippen molar-refractivity contribution in [3.05, 3.63) is 39.7 Å². The number of hydrogen-bond acceptors (Lipinski definition) is 4. The Morgan fingerprint density at radius 1 is 1.65 bits per heavy atom. The molecular weight excluding hydrogens is 231 g/mol. The first kappa shape index (κ1) is 13.0. The van der Waals surface area contributed by atoms with Gasteiger partial charge in [0.1, 0.15) is 5.82 Å². The largest absolute Gasteiger partial charge is 0.394 e. The van der Waals surface area contributed by atoms with Crippen LogP contribution in [0.1, 0.15) is 17.3 Å². The number of non-ortho nitro benzene ring substituents is 1. The van der Waals surface area contributed by atoms with Gasteiger partial charge in [-0.2, -0.15) is 0 Å². The number of hydrogen-bond donors (Lipinski definition) is 2. The molecule has 92 valence electrons. The molecule has 0 radical (unpaired) electrons. The summed E-state index contributed by atoms with van der Waals surface area (Å²) in [7, 11) is 0. The minimum atomic E-state index is -0.971. The van der Waals surface area contributed by atoms with Gasteiger partial charge in [-0.05, 0) is 13.0 Å². The van der Waals surface area contributed by atoms with Crippen molar-refractivity contribution >= 4 is 11.6 Å². The summed E-state index contributed by atoms with van der Waals surface area (Å²) in [5, 5.41) is 21.4. The van der Waals surface area contributed by atoms with E-state index in [-0.39, 0.29) is 12.2 Å². The van der Waals surface area contributed by atoms with Crippen molar-refractivity contribution in [1.82, 2.24) is 5.32 Å². The monoisotopic (exact) mass is 242 g/mol. The maximum atomic E-state index is 13.4. The van der Waals surface area contributed by atoms with Gasteiger partial charge in [0.25, 0.3) is 11.6 Å². The number of aliphatic hydroxyl groups excluding tert-OH is 1. The molecule has 0 aliphatic heterocycles. The summed E-state index contributed by atoms with van der Waals surface area (Å²) in [6, 6.07) is 2.24. The zero-order chi connectivity index (χ0) is 13.0. The van der Waals surface area contributed by atoms with E-state index in [4.69, 9.17) is 5.11 Å². The predicted octanol–water partition coefficient (Wildman–Crippen LogP) is 0.845. The number of nitrogens with one attached hydrogen (secondary N) is 1. The molecule has 2 N–H and O–H groups in total. The highest BCUT2D eigenvalue weighted by Gasteiger charge is 2.17. The molecule has 1 atom stereocenters. The average Bonchev–Trinajstić information content (AvgIpc) is 2.28. The Kier molecular flexibility index (Phi) is 4.11. The maximum Gasteiger partial charge on any atom is 0.272 e. The fraction of sp³-hybridized carbons (Fsp3) is 0.300. The number of nitrogens with zero attached hydrogens (tertiary/aromatic N) is 1. The van der Waals surface area contributed by atoms with Gasteiger partial charge in [0.15, 0.2) is 0 Å². The molecule has 0 aliphatic carbocycles. The van der Waals surface area contributed by atoms with Crippen molar-refractivity contribution in [2.75, 3.05) is 6.61 Å². The number of nitro groups is 1. The first-order valence-corrected chi connectivity index (χ1v) is 4.81. The van der Waals surface area contributed by atoms with Gasteiger partial charge in [0, 0.05) is 12.1 Å². The smallest absolute Gasteiger partial charge is 0.272 e. The van der Waals surface area contributed by atoms with Crippen LogP contribution in [0.2, 0.25) is 0 Å². The van der Waals surface area contributed by atoms with Gasteiger partial charge in [-0.3, -0.25) is 14.9 Å². The normalized spacial score (nSPS) is 11.9. The van der Waals surface area contributed by atoms with Crippen molar-refractivity contribution in [3.63, 3.8) is 0 Å². The van der Waals surface area contributed by atoms with E-state index in [1.165, 1.54) is 0 Å². The third-order valence-electron chi connectivity index (χ3n) is 2.06.